The SMILES string of the molecule is COc1c(C)c(C)c(Br)c(C)c1C1CC1(C)C#N. The van der Waals surface area contributed by atoms with Gasteiger partial charge in [-0.2, -0.15) is 5.26 Å². The maximum Gasteiger partial charge on any atom is 0.125 e. The van der Waals surface area contributed by atoms with Crippen LogP contribution in [0.4, 0.5) is 0 Å². The minimum atomic E-state index is -0.223. The molecule has 2 nitrogen and oxygen atoms in total. The first-order chi connectivity index (χ1) is 8.37. The summed E-state index contributed by atoms with van der Waals surface area (Å²) in [5, 5.41) is 9.24. The van der Waals surface area contributed by atoms with Crippen molar-refractivity contribution in [2.75, 3.05) is 7.11 Å². The molecule has 1 fully saturated rings. The van der Waals surface area contributed by atoms with Crippen LogP contribution in [0.1, 0.15) is 41.5 Å². The van der Waals surface area contributed by atoms with Crippen molar-refractivity contribution < 1.29 is 4.74 Å². The second-order valence-electron chi connectivity index (χ2n) is 5.42. The molecule has 0 heterocycles. The molecule has 0 aromatic heterocycles. The first-order valence-electron chi connectivity index (χ1n) is 6.11. The number of rotatable bonds is 2. The monoisotopic (exact) mass is 307 g/mol. The fourth-order valence-corrected chi connectivity index (χ4v) is 3.21. The molecule has 1 aliphatic carbocycles. The fourth-order valence-electron chi connectivity index (χ4n) is 2.70. The largest absolute Gasteiger partial charge is 0.496 e. The summed E-state index contributed by atoms with van der Waals surface area (Å²) < 4.78 is 6.74. The summed E-state index contributed by atoms with van der Waals surface area (Å²) in [6.45, 7) is 8.30. The van der Waals surface area contributed by atoms with Crippen molar-refractivity contribution in [2.45, 2.75) is 40.0 Å². The lowest BCUT2D eigenvalue weighted by molar-refractivity contribution is 0.404. The van der Waals surface area contributed by atoms with Crippen molar-refractivity contribution in [3.63, 3.8) is 0 Å². The summed E-state index contributed by atoms with van der Waals surface area (Å²) in [6, 6.07) is 2.43. The van der Waals surface area contributed by atoms with Gasteiger partial charge in [-0.25, -0.2) is 0 Å². The third kappa shape index (κ3) is 1.75. The average molecular weight is 308 g/mol. The van der Waals surface area contributed by atoms with Gasteiger partial charge in [-0.05, 0) is 50.8 Å². The Morgan fingerprint density at radius 3 is 2.33 bits per heavy atom. The lowest BCUT2D eigenvalue weighted by Crippen LogP contribution is -2.03. The Kier molecular flexibility index (Phi) is 3.19. The second-order valence-corrected chi connectivity index (χ2v) is 6.21. The Balaban J connectivity index is 2.65. The maximum absolute atomic E-state index is 9.24. The van der Waals surface area contributed by atoms with Crippen LogP contribution in [0.5, 0.6) is 5.75 Å². The van der Waals surface area contributed by atoms with E-state index in [-0.39, 0.29) is 5.41 Å². The zero-order valence-electron chi connectivity index (χ0n) is 11.5. The molecule has 3 heteroatoms. The van der Waals surface area contributed by atoms with Crippen molar-refractivity contribution in [2.24, 2.45) is 5.41 Å². The number of halogens is 1. The fraction of sp³-hybridized carbons (Fsp3) is 0.533. The van der Waals surface area contributed by atoms with Crippen LogP contribution in [-0.2, 0) is 0 Å². The standard InChI is InChI=1S/C15H18BrNO/c1-8-9(2)14(18-5)12(10(3)13(8)16)11-6-15(11,4)7-17/h11H,6H2,1-5H3. The third-order valence-corrected chi connectivity index (χ3v) is 5.44. The summed E-state index contributed by atoms with van der Waals surface area (Å²) in [6.07, 6.45) is 0.926. The number of hydrogen-bond donors (Lipinski definition) is 0. The van der Waals surface area contributed by atoms with E-state index in [9.17, 15) is 5.26 Å². The Hall–Kier alpha value is -1.01. The van der Waals surface area contributed by atoms with Gasteiger partial charge in [0, 0.05) is 16.0 Å². The molecule has 0 bridgehead atoms. The van der Waals surface area contributed by atoms with E-state index >= 15 is 0 Å². The molecule has 18 heavy (non-hydrogen) atoms. The zero-order valence-corrected chi connectivity index (χ0v) is 13.1. The molecule has 0 radical (unpaired) electrons. The van der Waals surface area contributed by atoms with E-state index in [1.165, 1.54) is 16.7 Å². The number of benzene rings is 1. The second kappa shape index (κ2) is 4.28. The van der Waals surface area contributed by atoms with Crippen LogP contribution < -0.4 is 4.74 Å². The van der Waals surface area contributed by atoms with E-state index in [2.05, 4.69) is 42.8 Å². The van der Waals surface area contributed by atoms with E-state index in [1.54, 1.807) is 7.11 Å². The minimum absolute atomic E-state index is 0.223. The van der Waals surface area contributed by atoms with Crippen LogP contribution in [0.2, 0.25) is 0 Å². The van der Waals surface area contributed by atoms with Crippen molar-refractivity contribution >= 4 is 15.9 Å². The van der Waals surface area contributed by atoms with Crippen LogP contribution in [0.25, 0.3) is 0 Å². The molecule has 1 saturated carbocycles. The highest BCUT2D eigenvalue weighted by atomic mass is 79.9. The number of ether oxygens (including phenoxy) is 1. The molecule has 0 aliphatic heterocycles. The van der Waals surface area contributed by atoms with Gasteiger partial charge >= 0.3 is 0 Å². The summed E-state index contributed by atoms with van der Waals surface area (Å²) in [5.41, 5.74) is 4.57. The number of nitriles is 1. The van der Waals surface area contributed by atoms with Gasteiger partial charge in [0.2, 0.25) is 0 Å². The lowest BCUT2D eigenvalue weighted by atomic mass is 9.93. The van der Waals surface area contributed by atoms with Crippen LogP contribution in [0, 0.1) is 37.5 Å². The van der Waals surface area contributed by atoms with Gasteiger partial charge < -0.3 is 4.74 Å². The van der Waals surface area contributed by atoms with Gasteiger partial charge in [0.15, 0.2) is 0 Å². The molecule has 1 aromatic carbocycles. The molecule has 96 valence electrons. The molecule has 0 spiro atoms. The number of hydrogen-bond acceptors (Lipinski definition) is 2. The van der Waals surface area contributed by atoms with Crippen LogP contribution in [-0.4, -0.2) is 7.11 Å². The van der Waals surface area contributed by atoms with Crippen molar-refractivity contribution in [1.82, 2.24) is 0 Å². The zero-order chi connectivity index (χ0) is 13.7. The topological polar surface area (TPSA) is 33.0 Å². The molecule has 0 amide bonds. The summed E-state index contributed by atoms with van der Waals surface area (Å²) in [5.74, 6) is 1.25. The molecule has 2 unspecified atom stereocenters. The average Bonchev–Trinajstić information content (AvgIpc) is 3.03. The van der Waals surface area contributed by atoms with E-state index in [1.807, 2.05) is 6.92 Å². The van der Waals surface area contributed by atoms with E-state index in [0.29, 0.717) is 5.92 Å². The molecular weight excluding hydrogens is 290 g/mol. The minimum Gasteiger partial charge on any atom is -0.496 e. The van der Waals surface area contributed by atoms with E-state index in [0.717, 1.165) is 22.2 Å². The van der Waals surface area contributed by atoms with Gasteiger partial charge in [0.1, 0.15) is 5.75 Å². The van der Waals surface area contributed by atoms with Crippen LogP contribution in [0.3, 0.4) is 0 Å². The van der Waals surface area contributed by atoms with Crippen LogP contribution in [0.15, 0.2) is 4.47 Å². The van der Waals surface area contributed by atoms with Crippen LogP contribution >= 0.6 is 15.9 Å². The van der Waals surface area contributed by atoms with Gasteiger partial charge in [0.05, 0.1) is 18.6 Å². The third-order valence-electron chi connectivity index (χ3n) is 4.26. The van der Waals surface area contributed by atoms with Crippen molar-refractivity contribution in [3.8, 4) is 11.8 Å². The lowest BCUT2D eigenvalue weighted by Gasteiger charge is -2.19. The highest BCUT2D eigenvalue weighted by Crippen LogP contribution is 2.62. The quantitative estimate of drug-likeness (QED) is 0.811. The van der Waals surface area contributed by atoms with Gasteiger partial charge in [-0.3, -0.25) is 0 Å². The first kappa shape index (κ1) is 13.4. The Bertz CT molecular complexity index is 559. The predicted octanol–water partition coefficient (Wildman–Crippen LogP) is 4.40. The molecule has 0 N–H and O–H groups in total. The van der Waals surface area contributed by atoms with Crippen molar-refractivity contribution in [1.29, 1.82) is 5.26 Å². The van der Waals surface area contributed by atoms with E-state index in [4.69, 9.17) is 4.74 Å². The summed E-state index contributed by atoms with van der Waals surface area (Å²) in [7, 11) is 1.71. The van der Waals surface area contributed by atoms with Gasteiger partial charge in [0.25, 0.3) is 0 Å². The highest BCUT2D eigenvalue weighted by Gasteiger charge is 2.53. The van der Waals surface area contributed by atoms with Gasteiger partial charge in [-0.1, -0.05) is 15.9 Å². The Labute approximate surface area is 117 Å². The molecule has 0 saturated heterocycles. The predicted molar refractivity (Wildman–Crippen MR) is 76.0 cm³/mol. The summed E-state index contributed by atoms with van der Waals surface area (Å²) >= 11 is 3.66. The first-order valence-corrected chi connectivity index (χ1v) is 6.91. The Morgan fingerprint density at radius 1 is 1.28 bits per heavy atom. The molecule has 2 atom stereocenters. The molecule has 1 aliphatic rings. The molecule has 2 rings (SSSR count). The Morgan fingerprint density at radius 2 is 1.89 bits per heavy atom. The van der Waals surface area contributed by atoms with Crippen molar-refractivity contribution in [3.05, 3.63) is 26.7 Å². The maximum atomic E-state index is 9.24. The van der Waals surface area contributed by atoms with E-state index < -0.39 is 0 Å². The number of nitrogens with zero attached hydrogens (tertiary/aromatic N) is 1. The summed E-state index contributed by atoms with van der Waals surface area (Å²) in [4.78, 5) is 0. The smallest absolute Gasteiger partial charge is 0.125 e. The normalized spacial score (nSPS) is 25.7. The molecule has 1 aromatic rings. The van der Waals surface area contributed by atoms with Gasteiger partial charge in [-0.15, -0.1) is 0 Å². The number of methoxy groups -OCH3 is 1. The molecular formula is C15H18BrNO. The highest BCUT2D eigenvalue weighted by molar-refractivity contribution is 9.10.